The minimum Gasteiger partial charge on any atom is -0.489 e. The Balaban J connectivity index is 1.36. The maximum absolute atomic E-state index is 14.1. The number of fused-ring (bicyclic) bond motifs is 1. The summed E-state index contributed by atoms with van der Waals surface area (Å²) >= 11 is 1.33. The Labute approximate surface area is 266 Å². The summed E-state index contributed by atoms with van der Waals surface area (Å²) in [7, 11) is 0. The van der Waals surface area contributed by atoms with Crippen molar-refractivity contribution in [2.24, 2.45) is 4.99 Å². The van der Waals surface area contributed by atoms with E-state index in [2.05, 4.69) is 17.6 Å². The van der Waals surface area contributed by atoms with Gasteiger partial charge in [-0.1, -0.05) is 71.5 Å². The summed E-state index contributed by atoms with van der Waals surface area (Å²) in [6.07, 6.45) is 1.93. The molecule has 1 aliphatic rings. The minimum atomic E-state index is -0.627. The van der Waals surface area contributed by atoms with Gasteiger partial charge >= 0.3 is 5.97 Å². The average molecular weight is 618 g/mol. The zero-order valence-electron chi connectivity index (χ0n) is 26.0. The number of carbonyl (C=O) groups is 1. The van der Waals surface area contributed by atoms with Crippen molar-refractivity contribution in [3.63, 3.8) is 0 Å². The molecule has 0 fully saturated rings. The first-order valence-electron chi connectivity index (χ1n) is 15.0. The molecule has 0 unspecified atom stereocenters. The summed E-state index contributed by atoms with van der Waals surface area (Å²) in [5.41, 5.74) is 7.79. The van der Waals surface area contributed by atoms with Gasteiger partial charge in [0.25, 0.3) is 5.56 Å². The second-order valence-corrected chi connectivity index (χ2v) is 12.2. The Kier molecular flexibility index (Phi) is 8.41. The van der Waals surface area contributed by atoms with Crippen LogP contribution in [-0.4, -0.2) is 21.7 Å². The van der Waals surface area contributed by atoms with E-state index in [4.69, 9.17) is 14.5 Å². The summed E-state index contributed by atoms with van der Waals surface area (Å²) in [5, 5.41) is 0. The van der Waals surface area contributed by atoms with E-state index in [0.29, 0.717) is 27.2 Å². The number of allylic oxidation sites excluding steroid dienone is 1. The van der Waals surface area contributed by atoms with E-state index in [9.17, 15) is 9.59 Å². The molecule has 45 heavy (non-hydrogen) atoms. The number of rotatable bonds is 8. The fourth-order valence-electron chi connectivity index (χ4n) is 5.76. The number of hydrogen-bond acceptors (Lipinski definition) is 6. The van der Waals surface area contributed by atoms with Gasteiger partial charge in [0.2, 0.25) is 0 Å². The molecule has 3 aromatic carbocycles. The quantitative estimate of drug-likeness (QED) is 0.198. The van der Waals surface area contributed by atoms with Gasteiger partial charge in [0, 0.05) is 17.1 Å². The highest BCUT2D eigenvalue weighted by atomic mass is 32.1. The van der Waals surface area contributed by atoms with Crippen molar-refractivity contribution in [1.82, 2.24) is 9.13 Å². The van der Waals surface area contributed by atoms with Gasteiger partial charge in [0.05, 0.1) is 28.5 Å². The van der Waals surface area contributed by atoms with Crippen LogP contribution in [0.2, 0.25) is 0 Å². The van der Waals surface area contributed by atoms with Crippen LogP contribution < -0.4 is 19.6 Å². The summed E-state index contributed by atoms with van der Waals surface area (Å²) in [4.78, 5) is 32.5. The number of aromatic nitrogens is 2. The third-order valence-corrected chi connectivity index (χ3v) is 8.99. The van der Waals surface area contributed by atoms with E-state index in [1.807, 2.05) is 98.8 Å². The van der Waals surface area contributed by atoms with E-state index < -0.39 is 12.0 Å². The fourth-order valence-corrected chi connectivity index (χ4v) is 6.80. The standard InChI is InChI=1S/C37H35N3O4S/c1-6-43-36(42)33-25(4)38-37-40(34(33)28-14-12-23(2)13-15-28)35(41)32(45-37)21-29-20-24(3)39(26(29)5)30-16-18-31(19-17-30)44-22-27-10-8-7-9-11-27/h7-21,34H,6,22H2,1-5H3/b32-21-/t34-/m0/s1. The SMILES string of the molecule is CCOC(=O)C1=C(C)N=c2s/c(=C\c3cc(C)n(-c4ccc(OCc5ccccc5)cc4)c3C)c(=O)n2[C@H]1c1ccc(C)cc1. The molecule has 0 aliphatic carbocycles. The number of carbonyl (C=O) groups excluding carboxylic acids is 1. The topological polar surface area (TPSA) is 74.8 Å². The number of benzene rings is 3. The smallest absolute Gasteiger partial charge is 0.338 e. The van der Waals surface area contributed by atoms with Gasteiger partial charge in [0.15, 0.2) is 4.80 Å². The molecule has 228 valence electrons. The highest BCUT2D eigenvalue weighted by Crippen LogP contribution is 2.31. The first-order valence-corrected chi connectivity index (χ1v) is 15.8. The lowest BCUT2D eigenvalue weighted by atomic mass is 9.95. The van der Waals surface area contributed by atoms with Crippen LogP contribution in [0.1, 0.15) is 53.5 Å². The third-order valence-electron chi connectivity index (χ3n) is 8.01. The van der Waals surface area contributed by atoms with Crippen molar-refractivity contribution in [2.75, 3.05) is 6.61 Å². The summed E-state index contributed by atoms with van der Waals surface area (Å²) in [5.74, 6) is 0.339. The Morgan fingerprint density at radius 2 is 1.67 bits per heavy atom. The van der Waals surface area contributed by atoms with Crippen LogP contribution >= 0.6 is 11.3 Å². The van der Waals surface area contributed by atoms with Gasteiger partial charge in [-0.3, -0.25) is 9.36 Å². The van der Waals surface area contributed by atoms with Crippen molar-refractivity contribution in [3.8, 4) is 11.4 Å². The molecule has 0 radical (unpaired) electrons. The third kappa shape index (κ3) is 5.93. The van der Waals surface area contributed by atoms with Crippen molar-refractivity contribution < 1.29 is 14.3 Å². The number of esters is 1. The van der Waals surface area contributed by atoms with Crippen LogP contribution in [0.4, 0.5) is 0 Å². The van der Waals surface area contributed by atoms with Crippen LogP contribution in [-0.2, 0) is 16.1 Å². The molecule has 6 rings (SSSR count). The van der Waals surface area contributed by atoms with Crippen molar-refractivity contribution in [2.45, 2.75) is 47.3 Å². The second kappa shape index (κ2) is 12.6. The van der Waals surface area contributed by atoms with Gasteiger partial charge in [-0.2, -0.15) is 0 Å². The molecular weight excluding hydrogens is 582 g/mol. The molecule has 7 nitrogen and oxygen atoms in total. The molecule has 0 N–H and O–H groups in total. The summed E-state index contributed by atoms with van der Waals surface area (Å²) in [6.45, 7) is 10.4. The van der Waals surface area contributed by atoms with E-state index >= 15 is 0 Å². The van der Waals surface area contributed by atoms with Crippen molar-refractivity contribution in [1.29, 1.82) is 0 Å². The highest BCUT2D eigenvalue weighted by Gasteiger charge is 2.33. The molecule has 2 aromatic heterocycles. The van der Waals surface area contributed by atoms with Crippen LogP contribution in [0.3, 0.4) is 0 Å². The lowest BCUT2D eigenvalue weighted by molar-refractivity contribution is -0.139. The normalized spacial score (nSPS) is 14.7. The Hall–Kier alpha value is -4.95. The number of hydrogen-bond donors (Lipinski definition) is 0. The van der Waals surface area contributed by atoms with Gasteiger partial charge in [-0.05, 0) is 87.7 Å². The Morgan fingerprint density at radius 3 is 2.36 bits per heavy atom. The van der Waals surface area contributed by atoms with Gasteiger partial charge in [0.1, 0.15) is 12.4 Å². The predicted octanol–water partition coefficient (Wildman–Crippen LogP) is 6.09. The Morgan fingerprint density at radius 1 is 0.956 bits per heavy atom. The molecule has 1 atom stereocenters. The summed E-state index contributed by atoms with van der Waals surface area (Å²) < 4.78 is 15.7. The zero-order chi connectivity index (χ0) is 31.7. The Bertz CT molecular complexity index is 2080. The number of ether oxygens (including phenoxy) is 2. The largest absolute Gasteiger partial charge is 0.489 e. The highest BCUT2D eigenvalue weighted by molar-refractivity contribution is 7.07. The minimum absolute atomic E-state index is 0.191. The van der Waals surface area contributed by atoms with Crippen LogP contribution in [0.5, 0.6) is 5.75 Å². The first kappa shape index (κ1) is 30.1. The molecule has 0 saturated carbocycles. The molecule has 3 heterocycles. The zero-order valence-corrected chi connectivity index (χ0v) is 26.9. The van der Waals surface area contributed by atoms with E-state index in [0.717, 1.165) is 45.1 Å². The van der Waals surface area contributed by atoms with Crippen LogP contribution in [0, 0.1) is 20.8 Å². The maximum atomic E-state index is 14.1. The number of nitrogens with zero attached hydrogens (tertiary/aromatic N) is 3. The first-order chi connectivity index (χ1) is 21.7. The molecule has 0 saturated heterocycles. The molecular formula is C37H35N3O4S. The molecule has 8 heteroatoms. The van der Waals surface area contributed by atoms with E-state index in [1.54, 1.807) is 18.4 Å². The molecule has 1 aliphatic heterocycles. The van der Waals surface area contributed by atoms with E-state index in [-0.39, 0.29) is 12.2 Å². The van der Waals surface area contributed by atoms with Crippen LogP contribution in [0.25, 0.3) is 11.8 Å². The molecule has 0 amide bonds. The molecule has 0 spiro atoms. The lowest BCUT2D eigenvalue weighted by Gasteiger charge is -2.24. The van der Waals surface area contributed by atoms with Gasteiger partial charge in [-0.15, -0.1) is 0 Å². The molecule has 5 aromatic rings. The second-order valence-electron chi connectivity index (χ2n) is 11.1. The molecule has 0 bridgehead atoms. The number of thiazole rings is 1. The number of aryl methyl sites for hydroxylation is 2. The maximum Gasteiger partial charge on any atom is 0.338 e. The van der Waals surface area contributed by atoms with E-state index in [1.165, 1.54) is 11.3 Å². The van der Waals surface area contributed by atoms with Crippen molar-refractivity contribution >= 4 is 23.4 Å². The summed E-state index contributed by atoms with van der Waals surface area (Å²) in [6, 6.07) is 27.5. The monoisotopic (exact) mass is 617 g/mol. The van der Waals surface area contributed by atoms with Gasteiger partial charge in [-0.25, -0.2) is 9.79 Å². The fraction of sp³-hybridized carbons (Fsp3) is 0.216. The van der Waals surface area contributed by atoms with Crippen LogP contribution in [0.15, 0.2) is 106 Å². The predicted molar refractivity (Wildman–Crippen MR) is 178 cm³/mol. The average Bonchev–Trinajstić information content (AvgIpc) is 3.49. The lowest BCUT2D eigenvalue weighted by Crippen LogP contribution is -2.39. The van der Waals surface area contributed by atoms with Gasteiger partial charge < -0.3 is 14.0 Å². The van der Waals surface area contributed by atoms with Crippen molar-refractivity contribution in [3.05, 3.63) is 150 Å².